The minimum Gasteiger partial charge on any atom is -0.550 e. The zero-order valence-corrected chi connectivity index (χ0v) is 33.6. The number of nitrogens with one attached hydrogen (secondary N) is 2. The van der Waals surface area contributed by atoms with Gasteiger partial charge in [-0.1, -0.05) is 0 Å². The molecule has 8 bridgehead atoms. The molecule has 2 aliphatic rings. The van der Waals surface area contributed by atoms with Crippen LogP contribution in [0.2, 0.25) is 0 Å². The Labute approximate surface area is 325 Å². The number of hydrogen-bond donors (Lipinski definition) is 2. The Morgan fingerprint density at radius 2 is 1.19 bits per heavy atom. The molecule has 2 atom stereocenters. The van der Waals surface area contributed by atoms with Crippen LogP contribution in [0.1, 0.15) is 104 Å². The third-order valence-electron chi connectivity index (χ3n) is 8.98. The third-order valence-corrected chi connectivity index (χ3v) is 8.98. The fourth-order valence-electron chi connectivity index (χ4n) is 6.29. The van der Waals surface area contributed by atoms with E-state index in [2.05, 4.69) is 56.7 Å². The summed E-state index contributed by atoms with van der Waals surface area (Å²) in [5.41, 5.74) is 15.1. The molecule has 0 aliphatic carbocycles. The van der Waals surface area contributed by atoms with E-state index in [1.807, 2.05) is 26.0 Å². The zero-order chi connectivity index (χ0) is 33.9. The number of H-pyrrole nitrogens is 2. The molecule has 3 aromatic heterocycles. The van der Waals surface area contributed by atoms with Gasteiger partial charge in [0, 0.05) is 53.4 Å². The average molecular weight is 671 g/mol. The largest absolute Gasteiger partial charge is 1.00 e. The Balaban J connectivity index is 0.00000154. The van der Waals surface area contributed by atoms with Crippen LogP contribution >= 0.6 is 0 Å². The van der Waals surface area contributed by atoms with Gasteiger partial charge in [0.15, 0.2) is 0 Å². The van der Waals surface area contributed by atoms with Crippen molar-refractivity contribution in [3.05, 3.63) is 76.2 Å². The molecule has 0 radical (unpaired) electrons. The second kappa shape index (κ2) is 17.9. The summed E-state index contributed by atoms with van der Waals surface area (Å²) in [5, 5.41) is 11.5. The molecule has 0 fully saturated rings. The molecule has 0 spiro atoms. The Bertz CT molecular complexity index is 1950. The summed E-state index contributed by atoms with van der Waals surface area (Å²) in [6.45, 7) is 16.5. The van der Waals surface area contributed by atoms with Gasteiger partial charge in [-0.2, -0.15) is 16.0 Å². The number of nitrogens with zero attached hydrogens (tertiary/aromatic N) is 2. The van der Waals surface area contributed by atoms with Gasteiger partial charge in [-0.05, 0) is 112 Å². The van der Waals surface area contributed by atoms with E-state index >= 15 is 0 Å². The van der Waals surface area contributed by atoms with Crippen molar-refractivity contribution in [3.8, 4) is 0 Å². The molecule has 0 saturated carbocycles. The van der Waals surface area contributed by atoms with Gasteiger partial charge in [-0.25, -0.2) is 9.97 Å². The van der Waals surface area contributed by atoms with E-state index < -0.39 is 5.97 Å². The van der Waals surface area contributed by atoms with Crippen LogP contribution in [0.3, 0.4) is 0 Å². The van der Waals surface area contributed by atoms with Crippen molar-refractivity contribution in [3.63, 3.8) is 0 Å². The molecule has 5 heterocycles. The van der Waals surface area contributed by atoms with Crippen molar-refractivity contribution < 1.29 is 88.1 Å². The Kier molecular flexibility index (Phi) is 15.5. The van der Waals surface area contributed by atoms with Crippen LogP contribution in [0.15, 0.2) is 24.3 Å². The third kappa shape index (κ3) is 8.38. The first-order valence-electron chi connectivity index (χ1n) is 15.1. The summed E-state index contributed by atoms with van der Waals surface area (Å²) in [4.78, 5) is 45.1. The van der Waals surface area contributed by atoms with Gasteiger partial charge in [0.25, 0.3) is 0 Å². The molecule has 2 unspecified atom stereocenters. The normalized spacial score (nSPS) is 13.5. The van der Waals surface area contributed by atoms with E-state index in [0.29, 0.717) is 18.5 Å². The molecule has 242 valence electrons. The van der Waals surface area contributed by atoms with Crippen LogP contribution in [0.5, 0.6) is 0 Å². The number of ether oxygens (including phenoxy) is 2. The quantitative estimate of drug-likeness (QED) is 0.258. The second-order valence-electron chi connectivity index (χ2n) is 11.5. The maximum Gasteiger partial charge on any atom is 1.00 e. The number of carboxylic acids is 1. The minimum atomic E-state index is -1.09. The molecule has 48 heavy (non-hydrogen) atoms. The predicted molar refractivity (Wildman–Crippen MR) is 176 cm³/mol. The molecular weight excluding hydrogens is 630 g/mol. The molecule has 0 saturated heterocycles. The molecule has 5 rings (SSSR count). The number of carbonyl (C=O) groups excluding carboxylic acids is 3. The molecule has 0 aromatic carbocycles. The summed E-state index contributed by atoms with van der Waals surface area (Å²) >= 11 is 0. The Hall–Kier alpha value is -2.63. The number of aromatic amines is 2. The topological polar surface area (TPSA) is 150 Å². The molecule has 0 amide bonds. The zero-order valence-electron chi connectivity index (χ0n) is 29.6. The number of aliphatic carboxylic acids is 1. The van der Waals surface area contributed by atoms with E-state index in [4.69, 9.17) is 29.0 Å². The fraction of sp³-hybridized carbons (Fsp3) is 0.361. The first-order chi connectivity index (χ1) is 21.9. The summed E-state index contributed by atoms with van der Waals surface area (Å²) in [6, 6.07) is 8.22. The first kappa shape index (κ1) is 41.5. The number of methoxy groups -OCH3 is 2. The SMILES string of the molecule is O=C=O.[CH2-]CC1=C(C)c2cc3[nH]c(cc4[nH]c(cc5nc(cc1n2)C(CCC(=O)[O-])=C5C)c(C(C)OC)c4C)c(C(C)OC)c3C.[Na+].[Na+]. The number of aryl methyl sites for hydroxylation is 2. The van der Waals surface area contributed by atoms with Crippen molar-refractivity contribution in [1.29, 1.82) is 0 Å². The van der Waals surface area contributed by atoms with Crippen LogP contribution in [0.4, 0.5) is 0 Å². The molecule has 12 heteroatoms. The van der Waals surface area contributed by atoms with Gasteiger partial charge < -0.3 is 36.3 Å². The smallest absolute Gasteiger partial charge is 0.550 e. The maximum atomic E-state index is 11.5. The number of aromatic nitrogens is 4. The average Bonchev–Trinajstić information content (AvgIpc) is 3.68. The van der Waals surface area contributed by atoms with Crippen molar-refractivity contribution in [1.82, 2.24) is 19.9 Å². The summed E-state index contributed by atoms with van der Waals surface area (Å²) in [5.74, 6) is -1.09. The van der Waals surface area contributed by atoms with Crippen LogP contribution in [0.25, 0.3) is 44.4 Å². The number of carbonyl (C=O) groups is 1. The first-order valence-corrected chi connectivity index (χ1v) is 15.1. The summed E-state index contributed by atoms with van der Waals surface area (Å²) in [6.07, 6.45) is 0.722. The maximum absolute atomic E-state index is 11.5. The van der Waals surface area contributed by atoms with Crippen molar-refractivity contribution >= 4 is 56.5 Å². The van der Waals surface area contributed by atoms with Crippen molar-refractivity contribution in [2.45, 2.75) is 73.0 Å². The van der Waals surface area contributed by atoms with Crippen molar-refractivity contribution in [2.24, 2.45) is 0 Å². The van der Waals surface area contributed by atoms with Crippen LogP contribution in [-0.2, 0) is 23.9 Å². The van der Waals surface area contributed by atoms with Gasteiger partial charge in [0.2, 0.25) is 0 Å². The number of carboxylic acid groups (broad SMARTS) is 1. The predicted octanol–water partition coefficient (Wildman–Crippen LogP) is 0.387. The van der Waals surface area contributed by atoms with E-state index in [1.165, 1.54) is 0 Å². The molecule has 2 aliphatic heterocycles. The molecular formula is C36H40N4Na2O6. The Morgan fingerprint density at radius 1 is 0.771 bits per heavy atom. The van der Waals surface area contributed by atoms with Gasteiger partial charge in [-0.3, -0.25) is 0 Å². The van der Waals surface area contributed by atoms with E-state index in [0.717, 1.165) is 83.7 Å². The number of hydrogen-bond acceptors (Lipinski definition) is 8. The van der Waals surface area contributed by atoms with E-state index in [1.54, 1.807) is 14.2 Å². The van der Waals surface area contributed by atoms with Crippen LogP contribution in [0, 0.1) is 20.8 Å². The monoisotopic (exact) mass is 670 g/mol. The molecule has 3 aromatic rings. The van der Waals surface area contributed by atoms with Gasteiger partial charge in [0.05, 0.1) is 35.0 Å². The standard InChI is InChI=1S/C35H41N4O4.CO2.2Na/c1-10-23-17(2)25-13-27-19(4)34(21(6)42-8)32(38-27)15-28-20(5)35(22(7)43-9)31(39-28)14-26-18(3)24(11-12-33(40)41)30(37-26)16-29(23)36-25;2-1-3;;/h13-16,21-22,38-39H,1,10-12H2,2-9H3,(H,40,41);;;/q-1;;2*+1/p-1. The number of fused-ring (bicyclic) bond motifs is 8. The van der Waals surface area contributed by atoms with Gasteiger partial charge >= 0.3 is 65.3 Å². The van der Waals surface area contributed by atoms with E-state index in [-0.39, 0.29) is 83.9 Å². The van der Waals surface area contributed by atoms with Crippen molar-refractivity contribution in [2.75, 3.05) is 14.2 Å². The molecule has 2 N–H and O–H groups in total. The number of rotatable bonds is 8. The summed E-state index contributed by atoms with van der Waals surface area (Å²) < 4.78 is 11.6. The van der Waals surface area contributed by atoms with Crippen LogP contribution in [-0.4, -0.2) is 46.3 Å². The Morgan fingerprint density at radius 3 is 1.65 bits per heavy atom. The second-order valence-corrected chi connectivity index (χ2v) is 11.5. The van der Waals surface area contributed by atoms with E-state index in [9.17, 15) is 9.90 Å². The van der Waals surface area contributed by atoms with Gasteiger partial charge in [0.1, 0.15) is 0 Å². The van der Waals surface area contributed by atoms with Gasteiger partial charge in [-0.15, -0.1) is 0 Å². The fourth-order valence-corrected chi connectivity index (χ4v) is 6.29. The number of allylic oxidation sites excluding steroid dienone is 4. The van der Waals surface area contributed by atoms with Crippen LogP contribution < -0.4 is 64.2 Å². The minimum absolute atomic E-state index is 0. The summed E-state index contributed by atoms with van der Waals surface area (Å²) in [7, 11) is 3.43. The molecule has 10 nitrogen and oxygen atoms in total.